The van der Waals surface area contributed by atoms with E-state index in [0.717, 1.165) is 29.0 Å². The third-order valence-corrected chi connectivity index (χ3v) is 5.11. The molecular weight excluding hydrogens is 405 g/mol. The second-order valence-electron chi connectivity index (χ2n) is 8.41. The van der Waals surface area contributed by atoms with Crippen LogP contribution < -0.4 is 0 Å². The molecule has 0 saturated carbocycles. The highest BCUT2D eigenvalue weighted by atomic mass is 19.4. The van der Waals surface area contributed by atoms with E-state index in [2.05, 4.69) is 5.16 Å². The molecule has 3 rings (SSSR count). The lowest BCUT2D eigenvalue weighted by Crippen LogP contribution is -2.37. The molecule has 7 heteroatoms. The summed E-state index contributed by atoms with van der Waals surface area (Å²) in [4.78, 5) is 20.0. The van der Waals surface area contributed by atoms with Gasteiger partial charge < -0.3 is 9.74 Å². The molecule has 1 atom stereocenters. The molecule has 1 aliphatic heterocycles. The van der Waals surface area contributed by atoms with Crippen molar-refractivity contribution in [1.82, 2.24) is 4.90 Å². The van der Waals surface area contributed by atoms with E-state index in [-0.39, 0.29) is 31.0 Å². The molecule has 0 spiro atoms. The Labute approximate surface area is 180 Å². The SMILES string of the molecule is Cc1ccc(C2=NO[C@H](CN(Cc3cccc(C(F)(F)F)c3)C(=O)CC(C)C)C2)cc1. The molecule has 1 aliphatic rings. The average molecular weight is 432 g/mol. The topological polar surface area (TPSA) is 41.9 Å². The molecule has 0 N–H and O–H groups in total. The van der Waals surface area contributed by atoms with Crippen LogP contribution in [-0.4, -0.2) is 29.2 Å². The number of amides is 1. The van der Waals surface area contributed by atoms with Crippen LogP contribution in [0.5, 0.6) is 0 Å². The van der Waals surface area contributed by atoms with Crippen molar-refractivity contribution in [2.75, 3.05) is 6.54 Å². The molecule has 2 aromatic rings. The molecule has 0 aliphatic carbocycles. The Kier molecular flexibility index (Phi) is 7.03. The fourth-order valence-corrected chi connectivity index (χ4v) is 3.49. The first kappa shape index (κ1) is 22.8. The van der Waals surface area contributed by atoms with Crippen LogP contribution in [0.25, 0.3) is 0 Å². The van der Waals surface area contributed by atoms with Gasteiger partial charge in [-0.3, -0.25) is 4.79 Å². The second kappa shape index (κ2) is 9.54. The normalized spacial score (nSPS) is 16.2. The molecule has 1 amide bonds. The van der Waals surface area contributed by atoms with Gasteiger partial charge in [-0.2, -0.15) is 13.2 Å². The van der Waals surface area contributed by atoms with Crippen molar-refractivity contribution < 1.29 is 22.8 Å². The Bertz CT molecular complexity index is 937. The van der Waals surface area contributed by atoms with Crippen LogP contribution in [0.2, 0.25) is 0 Å². The monoisotopic (exact) mass is 432 g/mol. The zero-order valence-corrected chi connectivity index (χ0v) is 17.9. The molecule has 31 heavy (non-hydrogen) atoms. The van der Waals surface area contributed by atoms with Crippen LogP contribution in [-0.2, 0) is 22.4 Å². The van der Waals surface area contributed by atoms with E-state index < -0.39 is 11.7 Å². The molecule has 2 aromatic carbocycles. The van der Waals surface area contributed by atoms with Gasteiger partial charge in [-0.05, 0) is 36.1 Å². The minimum absolute atomic E-state index is 0.0925. The highest BCUT2D eigenvalue weighted by Crippen LogP contribution is 2.30. The molecule has 166 valence electrons. The Morgan fingerprint density at radius 2 is 1.90 bits per heavy atom. The lowest BCUT2D eigenvalue weighted by molar-refractivity contribution is -0.137. The van der Waals surface area contributed by atoms with Crippen molar-refractivity contribution in [1.29, 1.82) is 0 Å². The number of benzene rings is 2. The van der Waals surface area contributed by atoms with E-state index in [1.165, 1.54) is 6.07 Å². The molecule has 0 radical (unpaired) electrons. The van der Waals surface area contributed by atoms with Gasteiger partial charge >= 0.3 is 6.18 Å². The van der Waals surface area contributed by atoms with E-state index >= 15 is 0 Å². The summed E-state index contributed by atoms with van der Waals surface area (Å²) in [6.45, 7) is 6.23. The summed E-state index contributed by atoms with van der Waals surface area (Å²) in [5.41, 5.74) is 2.63. The van der Waals surface area contributed by atoms with Gasteiger partial charge in [0, 0.05) is 19.4 Å². The maximum absolute atomic E-state index is 13.1. The second-order valence-corrected chi connectivity index (χ2v) is 8.41. The number of aryl methyl sites for hydroxylation is 1. The minimum Gasteiger partial charge on any atom is -0.390 e. The average Bonchev–Trinajstić information content (AvgIpc) is 3.15. The zero-order valence-electron chi connectivity index (χ0n) is 17.9. The van der Waals surface area contributed by atoms with Gasteiger partial charge in [0.2, 0.25) is 5.91 Å². The summed E-state index contributed by atoms with van der Waals surface area (Å²) in [6, 6.07) is 13.1. The van der Waals surface area contributed by atoms with Crippen molar-refractivity contribution >= 4 is 11.6 Å². The molecular formula is C24H27F3N2O2. The van der Waals surface area contributed by atoms with Crippen LogP contribution in [0.4, 0.5) is 13.2 Å². The van der Waals surface area contributed by atoms with Crippen LogP contribution >= 0.6 is 0 Å². The zero-order chi connectivity index (χ0) is 22.6. The van der Waals surface area contributed by atoms with E-state index in [1.807, 2.05) is 45.0 Å². The number of carbonyl (C=O) groups excluding carboxylic acids is 1. The molecule has 0 saturated heterocycles. The highest BCUT2D eigenvalue weighted by Gasteiger charge is 2.31. The Hall–Kier alpha value is -2.83. The molecule has 0 unspecified atom stereocenters. The lowest BCUT2D eigenvalue weighted by atomic mass is 10.0. The first-order chi connectivity index (χ1) is 14.6. The Balaban J connectivity index is 1.71. The number of rotatable bonds is 7. The third-order valence-electron chi connectivity index (χ3n) is 5.11. The first-order valence-corrected chi connectivity index (χ1v) is 10.4. The smallest absolute Gasteiger partial charge is 0.390 e. The Morgan fingerprint density at radius 1 is 1.19 bits per heavy atom. The van der Waals surface area contributed by atoms with Gasteiger partial charge in [0.25, 0.3) is 0 Å². The van der Waals surface area contributed by atoms with E-state index in [4.69, 9.17) is 4.84 Å². The van der Waals surface area contributed by atoms with Crippen molar-refractivity contribution in [2.45, 2.75) is 52.4 Å². The van der Waals surface area contributed by atoms with Crippen LogP contribution in [0.1, 0.15) is 48.9 Å². The van der Waals surface area contributed by atoms with Crippen LogP contribution in [0.3, 0.4) is 0 Å². The van der Waals surface area contributed by atoms with Crippen LogP contribution in [0.15, 0.2) is 53.7 Å². The van der Waals surface area contributed by atoms with Crippen LogP contribution in [0, 0.1) is 12.8 Å². The van der Waals surface area contributed by atoms with Crippen molar-refractivity contribution in [3.63, 3.8) is 0 Å². The predicted octanol–water partition coefficient (Wildman–Crippen LogP) is 5.58. The standard InChI is InChI=1S/C24H27F3N2O2/c1-16(2)11-23(30)29(14-18-5-4-6-20(12-18)24(25,26)27)15-21-13-22(28-31-21)19-9-7-17(3)8-10-19/h4-10,12,16,21H,11,13-15H2,1-3H3/t21-/m0/s1. The number of oxime groups is 1. The minimum atomic E-state index is -4.42. The summed E-state index contributed by atoms with van der Waals surface area (Å²) < 4.78 is 39.2. The molecule has 0 aromatic heterocycles. The number of alkyl halides is 3. The fourth-order valence-electron chi connectivity index (χ4n) is 3.49. The summed E-state index contributed by atoms with van der Waals surface area (Å²) in [6.07, 6.45) is -3.90. The van der Waals surface area contributed by atoms with Gasteiger partial charge in [-0.1, -0.05) is 61.0 Å². The Morgan fingerprint density at radius 3 is 2.55 bits per heavy atom. The summed E-state index contributed by atoms with van der Waals surface area (Å²) in [7, 11) is 0. The summed E-state index contributed by atoms with van der Waals surface area (Å²) in [5, 5.41) is 4.17. The van der Waals surface area contributed by atoms with Gasteiger partial charge in [-0.15, -0.1) is 0 Å². The predicted molar refractivity (Wildman–Crippen MR) is 114 cm³/mol. The fraction of sp³-hybridized carbons (Fsp3) is 0.417. The van der Waals surface area contributed by atoms with Gasteiger partial charge in [0.15, 0.2) is 6.10 Å². The molecule has 0 bridgehead atoms. The van der Waals surface area contributed by atoms with Crippen molar-refractivity contribution in [3.05, 3.63) is 70.8 Å². The number of nitrogens with zero attached hydrogens (tertiary/aromatic N) is 2. The van der Waals surface area contributed by atoms with Crippen molar-refractivity contribution in [3.8, 4) is 0 Å². The quantitative estimate of drug-likeness (QED) is 0.573. The summed E-state index contributed by atoms with van der Waals surface area (Å²) >= 11 is 0. The third kappa shape index (κ3) is 6.32. The maximum atomic E-state index is 13.1. The summed E-state index contributed by atoms with van der Waals surface area (Å²) in [5.74, 6) is 0.0279. The lowest BCUT2D eigenvalue weighted by Gasteiger charge is -2.26. The van der Waals surface area contributed by atoms with Gasteiger partial charge in [0.05, 0.1) is 17.8 Å². The number of hydrogen-bond acceptors (Lipinski definition) is 3. The first-order valence-electron chi connectivity index (χ1n) is 10.4. The highest BCUT2D eigenvalue weighted by molar-refractivity contribution is 6.01. The van der Waals surface area contributed by atoms with E-state index in [1.54, 1.807) is 11.0 Å². The molecule has 1 heterocycles. The largest absolute Gasteiger partial charge is 0.416 e. The van der Waals surface area contributed by atoms with Gasteiger partial charge in [0.1, 0.15) is 0 Å². The van der Waals surface area contributed by atoms with E-state index in [9.17, 15) is 18.0 Å². The number of hydrogen-bond donors (Lipinski definition) is 0. The van der Waals surface area contributed by atoms with E-state index in [0.29, 0.717) is 18.4 Å². The maximum Gasteiger partial charge on any atom is 0.416 e. The number of halogens is 3. The molecule has 0 fully saturated rings. The van der Waals surface area contributed by atoms with Gasteiger partial charge in [-0.25, -0.2) is 0 Å². The van der Waals surface area contributed by atoms with Crippen molar-refractivity contribution in [2.24, 2.45) is 11.1 Å². The number of carbonyl (C=O) groups is 1. The molecule has 4 nitrogen and oxygen atoms in total.